The molecule has 19 aromatic carbocycles. The van der Waals surface area contributed by atoms with E-state index >= 15 is 0 Å². The number of hydrogen-bond acceptors (Lipinski definition) is 4. The van der Waals surface area contributed by atoms with Crippen LogP contribution in [0.4, 0.5) is 22.7 Å². The fourth-order valence-electron chi connectivity index (χ4n) is 25.4. The minimum Gasteiger partial charge on any atom is -0.457 e. The lowest BCUT2D eigenvalue weighted by Gasteiger charge is -2.45. The third-order valence-corrected chi connectivity index (χ3v) is 31.7. The molecule has 4 aliphatic heterocycles. The van der Waals surface area contributed by atoms with Crippen molar-refractivity contribution < 1.29 is 9.47 Å². The number of aryl methyl sites for hydroxylation is 2. The summed E-state index contributed by atoms with van der Waals surface area (Å²) in [5.74, 6) is 3.65. The van der Waals surface area contributed by atoms with Crippen LogP contribution in [0.3, 0.4) is 0 Å². The number of fused-ring (bicyclic) bond motifs is 28. The number of aromatic nitrogens is 2. The van der Waals surface area contributed by atoms with Gasteiger partial charge >= 0.3 is 0 Å². The summed E-state index contributed by atoms with van der Waals surface area (Å²) in [4.78, 5) is 5.59. The maximum atomic E-state index is 6.94. The third kappa shape index (κ3) is 13.0. The molecule has 0 amide bonds. The summed E-state index contributed by atoms with van der Waals surface area (Å²) in [6.07, 6.45) is 10.5. The Morgan fingerprint density at radius 1 is 0.245 bits per heavy atom. The Morgan fingerprint density at radius 3 is 1.00 bits per heavy atom. The van der Waals surface area contributed by atoms with Crippen LogP contribution < -0.4 is 35.7 Å². The van der Waals surface area contributed by atoms with Gasteiger partial charge in [-0.1, -0.05) is 350 Å². The van der Waals surface area contributed by atoms with E-state index in [1.165, 1.54) is 211 Å². The normalized spacial score (nSPS) is 13.8. The molecule has 2 aliphatic carbocycles. The molecule has 6 nitrogen and oxygen atoms in total. The lowest BCUT2D eigenvalue weighted by Crippen LogP contribution is -2.62. The fourth-order valence-corrected chi connectivity index (χ4v) is 25.4. The average Bonchev–Trinajstić information content (AvgIpc) is 1.63. The monoisotopic (exact) mass is 1790 g/mol. The summed E-state index contributed by atoms with van der Waals surface area (Å²) < 4.78 is 18.8. The van der Waals surface area contributed by atoms with Crippen LogP contribution in [0.2, 0.25) is 0 Å². The second-order valence-electron chi connectivity index (χ2n) is 40.2. The van der Waals surface area contributed by atoms with Crippen molar-refractivity contribution in [2.75, 3.05) is 22.9 Å². The molecule has 2 aromatic heterocycles. The van der Waals surface area contributed by atoms with Crippen molar-refractivity contribution in [2.45, 2.75) is 101 Å². The number of rotatable bonds is 20. The van der Waals surface area contributed by atoms with Crippen LogP contribution in [0.1, 0.15) is 133 Å². The van der Waals surface area contributed by atoms with Crippen LogP contribution >= 0.6 is 0 Å². The number of nitrogens with zero attached hydrogens (tertiary/aromatic N) is 4. The van der Waals surface area contributed by atoms with Crippen LogP contribution in [-0.4, -0.2) is 28.9 Å². The number of hydrogen-bond donors (Lipinski definition) is 0. The molecule has 21 aromatic rings. The Hall–Kier alpha value is -16.0. The molecule has 0 bridgehead atoms. The lowest BCUT2D eigenvalue weighted by atomic mass is 9.33. The van der Waals surface area contributed by atoms with Crippen molar-refractivity contribution in [3.05, 3.63) is 486 Å². The highest BCUT2D eigenvalue weighted by molar-refractivity contribution is 7.00. The van der Waals surface area contributed by atoms with Gasteiger partial charge in [0.1, 0.15) is 23.0 Å². The van der Waals surface area contributed by atoms with Crippen molar-refractivity contribution in [1.82, 2.24) is 9.13 Å². The highest BCUT2D eigenvalue weighted by Gasteiger charge is 2.54. The molecule has 7 heteroatoms. The van der Waals surface area contributed by atoms with Crippen LogP contribution in [0, 0.1) is 0 Å². The maximum absolute atomic E-state index is 6.94. The molecule has 0 fully saturated rings. The van der Waals surface area contributed by atoms with Crippen molar-refractivity contribution in [1.29, 1.82) is 0 Å². The standard InChI is InChI=1S/C132H103BN4O2/c1-130(2,3)94-84-123-129-124(85-94)135(77-37-7-5-11-39-87-41-17-19-47-98(87)93-69-75-128-114(81-93)132(112-59-31-35-63-126(112)139-128)109-56-28-22-50-101(109)102-51-23-29-57-110(102)132)122-83-91(89-67-73-120-106(79-89)104-53-25-33-61-118(104)137(120)96-44-14-9-15-45-96)65-71-116(122)133(129)115-70-64-90(88-66-72-119-105(78-88)103-52-24-32-60-117(103)136(119)95-42-12-8-13-43-95)82-121(115)134(123)76-36-6-4-10-38-86-40-16-18-46-97(86)92-68-74-127-113(80-92)131(111-58-30-34-62-125(111)138-127)107-54-26-20-48-99(107)100-49-21-27-55-108(100)131/h8-9,12-35,40-75,78-85H,4-7,10-11,36-39,76-77H2,1-3H3. The van der Waals surface area contributed by atoms with Gasteiger partial charge in [0, 0.05) is 91.0 Å². The van der Waals surface area contributed by atoms with Gasteiger partial charge in [-0.3, -0.25) is 0 Å². The van der Waals surface area contributed by atoms with Gasteiger partial charge in [0.15, 0.2) is 0 Å². The minimum absolute atomic E-state index is 0.0417. The van der Waals surface area contributed by atoms with E-state index in [2.05, 4.69) is 464 Å². The number of anilines is 4. The molecule has 0 unspecified atom stereocenters. The van der Waals surface area contributed by atoms with E-state index in [0.717, 1.165) is 112 Å². The van der Waals surface area contributed by atoms with Crippen LogP contribution in [0.25, 0.3) is 122 Å². The largest absolute Gasteiger partial charge is 0.457 e. The predicted molar refractivity (Wildman–Crippen MR) is 579 cm³/mol. The molecule has 6 aliphatic rings. The Balaban J connectivity index is 0.538. The smallest absolute Gasteiger partial charge is 0.252 e. The molecule has 0 N–H and O–H groups in total. The molecule has 666 valence electrons. The van der Waals surface area contributed by atoms with Crippen LogP contribution in [0.5, 0.6) is 23.0 Å². The summed E-state index contributed by atoms with van der Waals surface area (Å²) in [7, 11) is 0. The summed E-state index contributed by atoms with van der Waals surface area (Å²) in [5.41, 5.74) is 44.4. The number of ether oxygens (including phenoxy) is 2. The van der Waals surface area contributed by atoms with E-state index in [-0.39, 0.29) is 12.1 Å². The van der Waals surface area contributed by atoms with E-state index < -0.39 is 10.8 Å². The van der Waals surface area contributed by atoms with Crippen molar-refractivity contribution >= 4 is 89.5 Å². The quantitative estimate of drug-likeness (QED) is 0.0563. The molecule has 139 heavy (non-hydrogen) atoms. The van der Waals surface area contributed by atoms with Crippen LogP contribution in [0.15, 0.2) is 425 Å². The van der Waals surface area contributed by atoms with Gasteiger partial charge in [0.05, 0.1) is 32.9 Å². The Labute approximate surface area is 813 Å². The lowest BCUT2D eigenvalue weighted by molar-refractivity contribution is 0.436. The first kappa shape index (κ1) is 82.5. The summed E-state index contributed by atoms with van der Waals surface area (Å²) in [6, 6.07) is 160. The Morgan fingerprint density at radius 2 is 0.576 bits per heavy atom. The van der Waals surface area contributed by atoms with Gasteiger partial charge < -0.3 is 28.4 Å². The summed E-state index contributed by atoms with van der Waals surface area (Å²) >= 11 is 0. The Kier molecular flexibility index (Phi) is 19.5. The van der Waals surface area contributed by atoms with Gasteiger partial charge in [-0.15, -0.1) is 0 Å². The highest BCUT2D eigenvalue weighted by Crippen LogP contribution is 2.65. The molecule has 2 spiro atoms. The Bertz CT molecular complexity index is 7980. The minimum atomic E-state index is -0.537. The average molecular weight is 1790 g/mol. The topological polar surface area (TPSA) is 34.8 Å². The van der Waals surface area contributed by atoms with E-state index in [4.69, 9.17) is 9.47 Å². The molecule has 0 saturated carbocycles. The summed E-state index contributed by atoms with van der Waals surface area (Å²) in [6.45, 7) is 8.98. The van der Waals surface area contributed by atoms with Gasteiger partial charge in [-0.25, -0.2) is 0 Å². The van der Waals surface area contributed by atoms with E-state index in [1.807, 2.05) is 0 Å². The zero-order valence-corrected chi connectivity index (χ0v) is 78.6. The van der Waals surface area contributed by atoms with Gasteiger partial charge in [-0.2, -0.15) is 0 Å². The van der Waals surface area contributed by atoms with E-state index in [9.17, 15) is 0 Å². The number of unbranched alkanes of at least 4 members (excludes halogenated alkanes) is 6. The van der Waals surface area contributed by atoms with Gasteiger partial charge in [-0.05, 0) is 287 Å². The first-order valence-corrected chi connectivity index (χ1v) is 50.2. The molecule has 0 atom stereocenters. The molecular weight excluding hydrogens is 1680 g/mol. The molecule has 27 rings (SSSR count). The summed E-state index contributed by atoms with van der Waals surface area (Å²) in [5, 5.41) is 5.01. The molecular formula is C132H103BN4O2. The van der Waals surface area contributed by atoms with Crippen molar-refractivity contribution in [3.63, 3.8) is 0 Å². The van der Waals surface area contributed by atoms with E-state index in [0.29, 0.717) is 0 Å². The third-order valence-electron chi connectivity index (χ3n) is 31.7. The number of benzene rings is 19. The fraction of sp³-hybridized carbons (Fsp3) is 0.136. The van der Waals surface area contributed by atoms with E-state index in [1.54, 1.807) is 0 Å². The van der Waals surface area contributed by atoms with Gasteiger partial charge in [0.25, 0.3) is 6.71 Å². The van der Waals surface area contributed by atoms with Crippen molar-refractivity contribution in [3.8, 4) is 101 Å². The molecule has 0 saturated heterocycles. The SMILES string of the molecule is CC(C)(C)c1cc2c3c(c1)N(CCCCCCc1ccccc1-c1ccc4c(c1)C1(c5ccccc5O4)c4ccccc4-c4ccccc41)c1cc(-c4ccc5c(c4)c4ccccc4n5-c4ccccc4)ccc1B3c1ccc(-c3ccc4c(c3)c3ccccc3n4-c3ccccc3)cc1N2CCCCCCc1ccccc1-c1ccc2c(c1)C1(c3ccccc3O2)c2ccccc2-c2ccccc21. The van der Waals surface area contributed by atoms with Crippen LogP contribution in [-0.2, 0) is 29.1 Å². The van der Waals surface area contributed by atoms with Crippen molar-refractivity contribution in [2.24, 2.45) is 0 Å². The van der Waals surface area contributed by atoms with Gasteiger partial charge in [0.2, 0.25) is 0 Å². The highest BCUT2D eigenvalue weighted by atomic mass is 16.5. The molecule has 0 radical (unpaired) electrons. The zero-order valence-electron chi connectivity index (χ0n) is 78.6. The second kappa shape index (κ2) is 32.9. The molecule has 6 heterocycles. The zero-order chi connectivity index (χ0) is 92.2. The number of para-hydroxylation sites is 6. The second-order valence-corrected chi connectivity index (χ2v) is 40.2. The predicted octanol–water partition coefficient (Wildman–Crippen LogP) is 31.8. The first-order chi connectivity index (χ1) is 68.6. The first-order valence-electron chi connectivity index (χ1n) is 50.2. The maximum Gasteiger partial charge on any atom is 0.252 e.